The second kappa shape index (κ2) is 4.91. The Hall–Kier alpha value is -1.67. The average Bonchev–Trinajstić information content (AvgIpc) is 2.89. The monoisotopic (exact) mass is 270 g/mol. The van der Waals surface area contributed by atoms with Crippen molar-refractivity contribution in [3.63, 3.8) is 0 Å². The topological polar surface area (TPSA) is 101 Å². The van der Waals surface area contributed by atoms with Crippen molar-refractivity contribution >= 4 is 10.0 Å². The first-order valence-corrected chi connectivity index (χ1v) is 6.90. The summed E-state index contributed by atoms with van der Waals surface area (Å²) in [5.41, 5.74) is 1.23. The maximum Gasteiger partial charge on any atom is 0.245 e. The van der Waals surface area contributed by atoms with Crippen molar-refractivity contribution in [3.05, 3.63) is 29.4 Å². The van der Waals surface area contributed by atoms with Gasteiger partial charge in [-0.15, -0.1) is 0 Å². The van der Waals surface area contributed by atoms with E-state index in [9.17, 15) is 8.42 Å². The van der Waals surface area contributed by atoms with Crippen molar-refractivity contribution in [2.75, 3.05) is 6.54 Å². The van der Waals surface area contributed by atoms with E-state index in [1.54, 1.807) is 26.1 Å². The number of aromatic nitrogens is 3. The normalized spacial score (nSPS) is 11.9. The third kappa shape index (κ3) is 2.59. The number of nitrogens with zero attached hydrogens (tertiary/aromatic N) is 2. The molecule has 0 atom stereocenters. The molecule has 0 aliphatic heterocycles. The highest BCUT2D eigenvalue weighted by Crippen LogP contribution is 2.18. The van der Waals surface area contributed by atoms with Crippen LogP contribution in [-0.4, -0.2) is 30.3 Å². The first-order chi connectivity index (χ1) is 8.50. The maximum absolute atomic E-state index is 12.0. The van der Waals surface area contributed by atoms with Crippen LogP contribution in [0.3, 0.4) is 0 Å². The lowest BCUT2D eigenvalue weighted by molar-refractivity contribution is 0.390. The Bertz CT molecular complexity index is 596. The van der Waals surface area contributed by atoms with Crippen LogP contribution in [0.5, 0.6) is 0 Å². The Kier molecular flexibility index (Phi) is 3.48. The van der Waals surface area contributed by atoms with E-state index in [-0.39, 0.29) is 11.4 Å². The van der Waals surface area contributed by atoms with Gasteiger partial charge < -0.3 is 4.52 Å². The standard InChI is InChI=1S/C10H14N4O3S/c1-7-10(8(2)17-14-7)18(15,16)12-6-4-9-3-5-11-13-9/h3,5,12H,4,6H2,1-2H3,(H,11,13). The average molecular weight is 270 g/mol. The lowest BCUT2D eigenvalue weighted by Gasteiger charge is -2.04. The van der Waals surface area contributed by atoms with E-state index >= 15 is 0 Å². The predicted octanol–water partition coefficient (Wildman–Crippen LogP) is 0.536. The predicted molar refractivity (Wildman–Crippen MR) is 63.5 cm³/mol. The van der Waals surface area contributed by atoms with Crippen molar-refractivity contribution in [1.29, 1.82) is 0 Å². The molecule has 2 rings (SSSR count). The Labute approximate surface area is 105 Å². The molecule has 0 aliphatic carbocycles. The number of nitrogens with one attached hydrogen (secondary N) is 2. The second-order valence-corrected chi connectivity index (χ2v) is 5.59. The zero-order valence-electron chi connectivity index (χ0n) is 10.1. The van der Waals surface area contributed by atoms with Crippen LogP contribution in [0.1, 0.15) is 17.1 Å². The number of rotatable bonds is 5. The van der Waals surface area contributed by atoms with Gasteiger partial charge in [0.2, 0.25) is 10.0 Å². The van der Waals surface area contributed by atoms with E-state index in [0.29, 0.717) is 17.9 Å². The molecule has 0 saturated heterocycles. The van der Waals surface area contributed by atoms with Crippen LogP contribution in [-0.2, 0) is 16.4 Å². The van der Waals surface area contributed by atoms with Gasteiger partial charge in [0.05, 0.1) is 0 Å². The highest BCUT2D eigenvalue weighted by atomic mass is 32.2. The van der Waals surface area contributed by atoms with E-state index in [2.05, 4.69) is 20.1 Å². The molecule has 0 bridgehead atoms. The zero-order valence-corrected chi connectivity index (χ0v) is 10.9. The quantitative estimate of drug-likeness (QED) is 0.825. The largest absolute Gasteiger partial charge is 0.360 e. The Balaban J connectivity index is 2.04. The van der Waals surface area contributed by atoms with Crippen molar-refractivity contribution in [2.24, 2.45) is 0 Å². The minimum Gasteiger partial charge on any atom is -0.360 e. The van der Waals surface area contributed by atoms with Gasteiger partial charge in [-0.25, -0.2) is 13.1 Å². The van der Waals surface area contributed by atoms with E-state index in [1.807, 2.05) is 0 Å². The van der Waals surface area contributed by atoms with Gasteiger partial charge in [0, 0.05) is 24.9 Å². The van der Waals surface area contributed by atoms with Gasteiger partial charge in [0.15, 0.2) is 5.76 Å². The molecule has 18 heavy (non-hydrogen) atoms. The molecule has 0 spiro atoms. The number of sulfonamides is 1. The SMILES string of the molecule is Cc1noc(C)c1S(=O)(=O)NCCc1ccn[nH]1. The van der Waals surface area contributed by atoms with Crippen LogP contribution in [0.2, 0.25) is 0 Å². The van der Waals surface area contributed by atoms with Crippen molar-refractivity contribution in [2.45, 2.75) is 25.2 Å². The Morgan fingerprint density at radius 1 is 1.44 bits per heavy atom. The number of hydrogen-bond acceptors (Lipinski definition) is 5. The van der Waals surface area contributed by atoms with Crippen LogP contribution < -0.4 is 4.72 Å². The van der Waals surface area contributed by atoms with Gasteiger partial charge in [0.25, 0.3) is 0 Å². The van der Waals surface area contributed by atoms with E-state index in [0.717, 1.165) is 5.69 Å². The molecule has 98 valence electrons. The molecule has 0 aliphatic rings. The van der Waals surface area contributed by atoms with Gasteiger partial charge >= 0.3 is 0 Å². The van der Waals surface area contributed by atoms with Crippen LogP contribution in [0.15, 0.2) is 21.7 Å². The lowest BCUT2D eigenvalue weighted by atomic mass is 10.3. The fourth-order valence-corrected chi connectivity index (χ4v) is 3.03. The van der Waals surface area contributed by atoms with Gasteiger partial charge in [-0.1, -0.05) is 5.16 Å². The molecule has 0 saturated carbocycles. The number of hydrogen-bond donors (Lipinski definition) is 2. The minimum absolute atomic E-state index is 0.118. The number of aryl methyl sites for hydroxylation is 2. The van der Waals surface area contributed by atoms with Crippen LogP contribution in [0, 0.1) is 13.8 Å². The first-order valence-electron chi connectivity index (χ1n) is 5.41. The molecule has 2 N–H and O–H groups in total. The van der Waals surface area contributed by atoms with Gasteiger partial charge in [0.1, 0.15) is 10.6 Å². The summed E-state index contributed by atoms with van der Waals surface area (Å²) in [6.07, 6.45) is 2.17. The summed E-state index contributed by atoms with van der Waals surface area (Å²) in [6.45, 7) is 3.46. The fraction of sp³-hybridized carbons (Fsp3) is 0.400. The van der Waals surface area contributed by atoms with Gasteiger partial charge in [-0.05, 0) is 19.9 Å². The van der Waals surface area contributed by atoms with E-state index in [1.165, 1.54) is 0 Å². The maximum atomic E-state index is 12.0. The Morgan fingerprint density at radius 3 is 2.78 bits per heavy atom. The summed E-state index contributed by atoms with van der Waals surface area (Å²) < 4.78 is 31.4. The molecular formula is C10H14N4O3S. The van der Waals surface area contributed by atoms with Gasteiger partial charge in [-0.2, -0.15) is 5.10 Å². The smallest absolute Gasteiger partial charge is 0.245 e. The molecule has 0 amide bonds. The zero-order chi connectivity index (χ0) is 13.2. The number of aromatic amines is 1. The van der Waals surface area contributed by atoms with E-state index in [4.69, 9.17) is 4.52 Å². The highest BCUT2D eigenvalue weighted by Gasteiger charge is 2.23. The highest BCUT2D eigenvalue weighted by molar-refractivity contribution is 7.89. The van der Waals surface area contributed by atoms with Crippen molar-refractivity contribution < 1.29 is 12.9 Å². The first kappa shape index (κ1) is 12.8. The summed E-state index contributed by atoms with van der Waals surface area (Å²) >= 11 is 0. The molecule has 2 aromatic rings. The third-order valence-electron chi connectivity index (χ3n) is 2.48. The summed E-state index contributed by atoms with van der Waals surface area (Å²) in [5.74, 6) is 0.293. The number of H-pyrrole nitrogens is 1. The molecule has 2 heterocycles. The Morgan fingerprint density at radius 2 is 2.22 bits per heavy atom. The fourth-order valence-electron chi connectivity index (χ4n) is 1.67. The molecule has 0 radical (unpaired) electrons. The molecule has 8 heteroatoms. The van der Waals surface area contributed by atoms with Crippen molar-refractivity contribution in [3.8, 4) is 0 Å². The van der Waals surface area contributed by atoms with Crippen LogP contribution in [0.25, 0.3) is 0 Å². The van der Waals surface area contributed by atoms with Gasteiger partial charge in [-0.3, -0.25) is 5.10 Å². The van der Waals surface area contributed by atoms with Crippen LogP contribution >= 0.6 is 0 Å². The molecule has 0 fully saturated rings. The van der Waals surface area contributed by atoms with E-state index < -0.39 is 10.0 Å². The summed E-state index contributed by atoms with van der Waals surface area (Å²) in [6, 6.07) is 1.80. The summed E-state index contributed by atoms with van der Waals surface area (Å²) in [4.78, 5) is 0.118. The lowest BCUT2D eigenvalue weighted by Crippen LogP contribution is -2.26. The second-order valence-electron chi connectivity index (χ2n) is 3.88. The third-order valence-corrected chi connectivity index (χ3v) is 4.19. The molecule has 7 nitrogen and oxygen atoms in total. The minimum atomic E-state index is -3.57. The summed E-state index contributed by atoms with van der Waals surface area (Å²) in [7, 11) is -3.57. The molecule has 0 aromatic carbocycles. The molecule has 0 unspecified atom stereocenters. The summed E-state index contributed by atoms with van der Waals surface area (Å²) in [5, 5.41) is 10.2. The molecule has 2 aromatic heterocycles. The molecular weight excluding hydrogens is 256 g/mol. The van der Waals surface area contributed by atoms with Crippen LogP contribution in [0.4, 0.5) is 0 Å². The van der Waals surface area contributed by atoms with Crippen molar-refractivity contribution in [1.82, 2.24) is 20.1 Å².